The molecule has 1 heterocycles. The number of nitrogens with two attached hydrogens (primary N) is 1. The molecule has 1 aromatic rings. The van der Waals surface area contributed by atoms with Crippen molar-refractivity contribution in [2.45, 2.75) is 38.3 Å². The van der Waals surface area contributed by atoms with E-state index in [9.17, 15) is 0 Å². The molecule has 88 valence electrons. The minimum absolute atomic E-state index is 0.432. The Morgan fingerprint density at radius 1 is 1.31 bits per heavy atom. The van der Waals surface area contributed by atoms with Crippen LogP contribution < -0.4 is 11.1 Å². The van der Waals surface area contributed by atoms with Gasteiger partial charge in [-0.2, -0.15) is 0 Å². The van der Waals surface area contributed by atoms with Crippen LogP contribution in [0.4, 0.5) is 0 Å². The van der Waals surface area contributed by atoms with Gasteiger partial charge in [0.1, 0.15) is 0 Å². The molecule has 0 aliphatic heterocycles. The van der Waals surface area contributed by atoms with Crippen LogP contribution in [-0.2, 0) is 6.54 Å². The summed E-state index contributed by atoms with van der Waals surface area (Å²) in [6.45, 7) is 2.03. The zero-order chi connectivity index (χ0) is 11.2. The van der Waals surface area contributed by atoms with Gasteiger partial charge in [0.2, 0.25) is 0 Å². The topological polar surface area (TPSA) is 50.9 Å². The van der Waals surface area contributed by atoms with Gasteiger partial charge in [-0.1, -0.05) is 6.42 Å². The van der Waals surface area contributed by atoms with Crippen molar-refractivity contribution in [2.75, 3.05) is 6.54 Å². The van der Waals surface area contributed by atoms with E-state index in [4.69, 9.17) is 5.73 Å². The Kier molecular flexibility index (Phi) is 4.31. The summed E-state index contributed by atoms with van der Waals surface area (Å²) in [5.41, 5.74) is 7.27. The van der Waals surface area contributed by atoms with Crippen molar-refractivity contribution >= 4 is 0 Å². The Hall–Kier alpha value is -0.930. The maximum absolute atomic E-state index is 5.97. The molecule has 0 bridgehead atoms. The summed E-state index contributed by atoms with van der Waals surface area (Å²) in [6, 6.07) is 4.54. The zero-order valence-electron chi connectivity index (χ0n) is 9.73. The Labute approximate surface area is 97.5 Å². The number of nitrogens with one attached hydrogen (secondary N) is 1. The number of hydrogen-bond donors (Lipinski definition) is 2. The van der Waals surface area contributed by atoms with Crippen molar-refractivity contribution < 1.29 is 0 Å². The lowest BCUT2D eigenvalue weighted by Crippen LogP contribution is -2.33. The van der Waals surface area contributed by atoms with E-state index in [1.54, 1.807) is 0 Å². The molecule has 2 atom stereocenters. The summed E-state index contributed by atoms with van der Waals surface area (Å²) in [5.74, 6) is 0.769. The maximum atomic E-state index is 5.97. The molecule has 2 unspecified atom stereocenters. The molecule has 0 radical (unpaired) electrons. The lowest BCUT2D eigenvalue weighted by atomic mass is 9.86. The van der Waals surface area contributed by atoms with Crippen LogP contribution in [0.3, 0.4) is 0 Å². The van der Waals surface area contributed by atoms with Crippen molar-refractivity contribution in [3.05, 3.63) is 30.1 Å². The highest BCUT2D eigenvalue weighted by atomic mass is 14.9. The van der Waals surface area contributed by atoms with E-state index in [1.807, 2.05) is 12.4 Å². The van der Waals surface area contributed by atoms with E-state index < -0.39 is 0 Å². The van der Waals surface area contributed by atoms with E-state index >= 15 is 0 Å². The first-order valence-electron chi connectivity index (χ1n) is 6.20. The summed E-state index contributed by atoms with van der Waals surface area (Å²) in [6.07, 6.45) is 8.70. The highest BCUT2D eigenvalue weighted by Gasteiger charge is 2.18. The summed E-state index contributed by atoms with van der Waals surface area (Å²) in [5, 5.41) is 3.51. The number of nitrogens with zero attached hydrogens (tertiary/aromatic N) is 1. The monoisotopic (exact) mass is 219 g/mol. The third kappa shape index (κ3) is 3.58. The van der Waals surface area contributed by atoms with Crippen LogP contribution in [0.5, 0.6) is 0 Å². The van der Waals surface area contributed by atoms with Crippen LogP contribution in [0, 0.1) is 5.92 Å². The average molecular weight is 219 g/mol. The van der Waals surface area contributed by atoms with E-state index in [2.05, 4.69) is 22.4 Å². The fourth-order valence-electron chi connectivity index (χ4n) is 2.44. The van der Waals surface area contributed by atoms with E-state index in [-0.39, 0.29) is 0 Å². The molecule has 0 amide bonds. The molecule has 0 saturated heterocycles. The van der Waals surface area contributed by atoms with Gasteiger partial charge < -0.3 is 11.1 Å². The number of hydrogen-bond acceptors (Lipinski definition) is 3. The molecule has 0 aromatic carbocycles. The highest BCUT2D eigenvalue weighted by Crippen LogP contribution is 2.22. The zero-order valence-corrected chi connectivity index (χ0v) is 9.73. The van der Waals surface area contributed by atoms with Gasteiger partial charge >= 0.3 is 0 Å². The third-order valence-electron chi connectivity index (χ3n) is 3.33. The Balaban J connectivity index is 1.68. The van der Waals surface area contributed by atoms with Crippen LogP contribution in [0.1, 0.15) is 31.2 Å². The predicted octanol–water partition coefficient (Wildman–Crippen LogP) is 1.69. The van der Waals surface area contributed by atoms with E-state index in [0.717, 1.165) is 19.0 Å². The van der Waals surface area contributed by atoms with Crippen molar-refractivity contribution in [1.82, 2.24) is 10.3 Å². The maximum Gasteiger partial charge on any atom is 0.0271 e. The highest BCUT2D eigenvalue weighted by molar-refractivity contribution is 5.08. The Bertz CT molecular complexity index is 299. The quantitative estimate of drug-likeness (QED) is 0.810. The smallest absolute Gasteiger partial charge is 0.0271 e. The molecule has 16 heavy (non-hydrogen) atoms. The van der Waals surface area contributed by atoms with Crippen molar-refractivity contribution in [3.63, 3.8) is 0 Å². The van der Waals surface area contributed by atoms with E-state index in [0.29, 0.717) is 6.04 Å². The molecule has 3 N–H and O–H groups in total. The molecule has 1 fully saturated rings. The van der Waals surface area contributed by atoms with Crippen LogP contribution in [0.2, 0.25) is 0 Å². The standard InChI is InChI=1S/C13H21N3/c14-13-3-1-2-12(8-13)10-16-9-11-4-6-15-7-5-11/h4-7,12-13,16H,1-3,8-10,14H2. The minimum Gasteiger partial charge on any atom is -0.328 e. The molecule has 1 saturated carbocycles. The molecule has 1 aromatic heterocycles. The number of aromatic nitrogens is 1. The van der Waals surface area contributed by atoms with Gasteiger partial charge in [0.15, 0.2) is 0 Å². The van der Waals surface area contributed by atoms with Gasteiger partial charge in [-0.3, -0.25) is 4.98 Å². The van der Waals surface area contributed by atoms with Crippen LogP contribution >= 0.6 is 0 Å². The molecule has 1 aliphatic rings. The summed E-state index contributed by atoms with van der Waals surface area (Å²) in [4.78, 5) is 4.01. The number of rotatable bonds is 4. The molecule has 3 nitrogen and oxygen atoms in total. The predicted molar refractivity (Wildman–Crippen MR) is 65.9 cm³/mol. The second kappa shape index (κ2) is 5.97. The molecule has 1 aliphatic carbocycles. The lowest BCUT2D eigenvalue weighted by Gasteiger charge is -2.26. The van der Waals surface area contributed by atoms with Crippen molar-refractivity contribution in [3.8, 4) is 0 Å². The van der Waals surface area contributed by atoms with E-state index in [1.165, 1.54) is 31.2 Å². The van der Waals surface area contributed by atoms with Crippen molar-refractivity contribution in [2.24, 2.45) is 11.7 Å². The van der Waals surface area contributed by atoms with Gasteiger partial charge in [-0.15, -0.1) is 0 Å². The lowest BCUT2D eigenvalue weighted by molar-refractivity contribution is 0.310. The van der Waals surface area contributed by atoms with Gasteiger partial charge in [0, 0.05) is 25.0 Å². The third-order valence-corrected chi connectivity index (χ3v) is 3.33. The van der Waals surface area contributed by atoms with Crippen LogP contribution in [0.15, 0.2) is 24.5 Å². The summed E-state index contributed by atoms with van der Waals surface area (Å²) in [7, 11) is 0. The first-order chi connectivity index (χ1) is 7.84. The summed E-state index contributed by atoms with van der Waals surface area (Å²) >= 11 is 0. The van der Waals surface area contributed by atoms with Gasteiger partial charge in [-0.25, -0.2) is 0 Å². The normalized spacial score (nSPS) is 25.6. The molecule has 2 rings (SSSR count). The molecule has 0 spiro atoms. The minimum atomic E-state index is 0.432. The average Bonchev–Trinajstić information content (AvgIpc) is 2.30. The Morgan fingerprint density at radius 2 is 2.12 bits per heavy atom. The fraction of sp³-hybridized carbons (Fsp3) is 0.615. The molecular weight excluding hydrogens is 198 g/mol. The summed E-state index contributed by atoms with van der Waals surface area (Å²) < 4.78 is 0. The van der Waals surface area contributed by atoms with Crippen LogP contribution in [0.25, 0.3) is 0 Å². The second-order valence-electron chi connectivity index (χ2n) is 4.78. The molecular formula is C13H21N3. The van der Waals surface area contributed by atoms with Gasteiger partial charge in [0.05, 0.1) is 0 Å². The molecule has 3 heteroatoms. The van der Waals surface area contributed by atoms with Crippen LogP contribution in [-0.4, -0.2) is 17.6 Å². The Morgan fingerprint density at radius 3 is 2.88 bits per heavy atom. The first kappa shape index (κ1) is 11.6. The number of pyridine rings is 1. The SMILES string of the molecule is NC1CCCC(CNCc2ccncc2)C1. The first-order valence-corrected chi connectivity index (χ1v) is 6.20. The van der Waals surface area contributed by atoms with Gasteiger partial charge in [-0.05, 0) is 49.4 Å². The van der Waals surface area contributed by atoms with Crippen molar-refractivity contribution in [1.29, 1.82) is 0 Å². The fourth-order valence-corrected chi connectivity index (χ4v) is 2.44. The van der Waals surface area contributed by atoms with Gasteiger partial charge in [0.25, 0.3) is 0 Å². The largest absolute Gasteiger partial charge is 0.328 e. The second-order valence-corrected chi connectivity index (χ2v) is 4.78.